The van der Waals surface area contributed by atoms with Crippen LogP contribution in [0.5, 0.6) is 0 Å². The molecule has 2 N–H and O–H groups in total. The minimum absolute atomic E-state index is 0.0364. The molecule has 0 aromatic carbocycles. The van der Waals surface area contributed by atoms with Gasteiger partial charge in [-0.25, -0.2) is 4.79 Å². The standard InChI is InChI=1S/C12H17NO4/c14-8-9-1-4-13(5-2-9)7-10-3-6-17-11(10)12(15)16/h3,6,9,14H,1-2,4-5,7-8H2,(H,15,16). The number of likely N-dealkylation sites (tertiary alicyclic amines) is 1. The Balaban J connectivity index is 1.93. The van der Waals surface area contributed by atoms with Crippen LogP contribution in [0.15, 0.2) is 16.7 Å². The van der Waals surface area contributed by atoms with Crippen LogP contribution in [0.1, 0.15) is 29.0 Å². The zero-order chi connectivity index (χ0) is 12.3. The summed E-state index contributed by atoms with van der Waals surface area (Å²) >= 11 is 0. The maximum absolute atomic E-state index is 10.9. The van der Waals surface area contributed by atoms with Gasteiger partial charge in [-0.1, -0.05) is 0 Å². The molecule has 0 atom stereocenters. The fourth-order valence-electron chi connectivity index (χ4n) is 2.22. The van der Waals surface area contributed by atoms with Gasteiger partial charge in [0.1, 0.15) is 0 Å². The van der Waals surface area contributed by atoms with Gasteiger partial charge in [0.15, 0.2) is 0 Å². The Labute approximate surface area is 99.6 Å². The second-order valence-corrected chi connectivity index (χ2v) is 4.48. The fraction of sp³-hybridized carbons (Fsp3) is 0.583. The van der Waals surface area contributed by atoms with E-state index in [1.165, 1.54) is 6.26 Å². The molecule has 0 aliphatic carbocycles. The van der Waals surface area contributed by atoms with E-state index in [9.17, 15) is 4.79 Å². The second kappa shape index (κ2) is 5.33. The van der Waals surface area contributed by atoms with Gasteiger partial charge in [-0.2, -0.15) is 0 Å². The van der Waals surface area contributed by atoms with Crippen LogP contribution in [0.25, 0.3) is 0 Å². The molecule has 2 heterocycles. The number of aromatic carboxylic acids is 1. The van der Waals surface area contributed by atoms with Gasteiger partial charge in [-0.15, -0.1) is 0 Å². The topological polar surface area (TPSA) is 73.9 Å². The van der Waals surface area contributed by atoms with E-state index in [1.807, 2.05) is 0 Å². The predicted molar refractivity (Wildman–Crippen MR) is 60.8 cm³/mol. The summed E-state index contributed by atoms with van der Waals surface area (Å²) in [6.45, 7) is 2.65. The molecule has 17 heavy (non-hydrogen) atoms. The number of carboxylic acid groups (broad SMARTS) is 1. The van der Waals surface area contributed by atoms with Gasteiger partial charge < -0.3 is 14.6 Å². The number of rotatable bonds is 4. The van der Waals surface area contributed by atoms with Crippen LogP contribution in [0.4, 0.5) is 0 Å². The fourth-order valence-corrected chi connectivity index (χ4v) is 2.22. The van der Waals surface area contributed by atoms with E-state index in [0.29, 0.717) is 12.5 Å². The molecule has 0 bridgehead atoms. The van der Waals surface area contributed by atoms with Crippen molar-refractivity contribution in [1.82, 2.24) is 4.90 Å². The Morgan fingerprint density at radius 2 is 2.18 bits per heavy atom. The number of nitrogens with zero attached hydrogens (tertiary/aromatic N) is 1. The Hall–Kier alpha value is -1.33. The smallest absolute Gasteiger partial charge is 0.372 e. The average Bonchev–Trinajstić information content (AvgIpc) is 2.78. The molecular formula is C12H17NO4. The Morgan fingerprint density at radius 1 is 1.47 bits per heavy atom. The van der Waals surface area contributed by atoms with Crippen LogP contribution in [0.2, 0.25) is 0 Å². The Bertz CT molecular complexity index is 380. The van der Waals surface area contributed by atoms with Crippen molar-refractivity contribution >= 4 is 5.97 Å². The van der Waals surface area contributed by atoms with Crippen LogP contribution in [-0.2, 0) is 6.54 Å². The first-order valence-corrected chi connectivity index (χ1v) is 5.83. The SMILES string of the molecule is O=C(O)c1occc1CN1CCC(CO)CC1. The third-order valence-electron chi connectivity index (χ3n) is 3.30. The minimum Gasteiger partial charge on any atom is -0.475 e. The van der Waals surface area contributed by atoms with E-state index >= 15 is 0 Å². The van der Waals surface area contributed by atoms with Crippen molar-refractivity contribution in [2.45, 2.75) is 19.4 Å². The average molecular weight is 239 g/mol. The summed E-state index contributed by atoms with van der Waals surface area (Å²) in [6.07, 6.45) is 3.35. The van der Waals surface area contributed by atoms with Gasteiger partial charge >= 0.3 is 5.97 Å². The zero-order valence-electron chi connectivity index (χ0n) is 9.63. The van der Waals surface area contributed by atoms with Crippen molar-refractivity contribution in [2.75, 3.05) is 19.7 Å². The van der Waals surface area contributed by atoms with Crippen LogP contribution >= 0.6 is 0 Å². The highest BCUT2D eigenvalue weighted by atomic mass is 16.4. The molecule has 1 aromatic heterocycles. The summed E-state index contributed by atoms with van der Waals surface area (Å²) in [4.78, 5) is 13.1. The number of hydrogen-bond donors (Lipinski definition) is 2. The van der Waals surface area contributed by atoms with Gasteiger partial charge in [0, 0.05) is 18.7 Å². The number of carboxylic acids is 1. The number of aliphatic hydroxyl groups excluding tert-OH is 1. The van der Waals surface area contributed by atoms with Crippen LogP contribution in [0, 0.1) is 5.92 Å². The van der Waals surface area contributed by atoms with Gasteiger partial charge in [0.2, 0.25) is 5.76 Å². The molecule has 0 saturated carbocycles. The van der Waals surface area contributed by atoms with Gasteiger partial charge in [-0.3, -0.25) is 4.90 Å². The molecule has 0 radical (unpaired) electrons. The molecule has 1 aliphatic heterocycles. The molecule has 5 heteroatoms. The first-order chi connectivity index (χ1) is 8.20. The maximum atomic E-state index is 10.9. The summed E-state index contributed by atoms with van der Waals surface area (Å²) in [7, 11) is 0. The molecule has 2 rings (SSSR count). The van der Waals surface area contributed by atoms with E-state index in [2.05, 4.69) is 4.90 Å². The van der Waals surface area contributed by atoms with Gasteiger partial charge in [0.25, 0.3) is 0 Å². The van der Waals surface area contributed by atoms with E-state index < -0.39 is 5.97 Å². The highest BCUT2D eigenvalue weighted by Gasteiger charge is 2.21. The van der Waals surface area contributed by atoms with Crippen molar-refractivity contribution in [2.24, 2.45) is 5.92 Å². The summed E-state index contributed by atoms with van der Waals surface area (Å²) in [5, 5.41) is 18.0. The van der Waals surface area contributed by atoms with E-state index in [4.69, 9.17) is 14.6 Å². The number of hydrogen-bond acceptors (Lipinski definition) is 4. The number of carbonyl (C=O) groups is 1. The number of aliphatic hydroxyl groups is 1. The predicted octanol–water partition coefficient (Wildman–Crippen LogP) is 1.18. The number of furan rings is 1. The first kappa shape index (κ1) is 12.1. The summed E-state index contributed by atoms with van der Waals surface area (Å²) in [5.74, 6) is -0.584. The van der Waals surface area contributed by atoms with Gasteiger partial charge in [-0.05, 0) is 37.9 Å². The van der Waals surface area contributed by atoms with Crippen molar-refractivity contribution in [3.05, 3.63) is 23.7 Å². The van der Waals surface area contributed by atoms with Gasteiger partial charge in [0.05, 0.1) is 6.26 Å². The lowest BCUT2D eigenvalue weighted by atomic mass is 9.97. The molecule has 5 nitrogen and oxygen atoms in total. The quantitative estimate of drug-likeness (QED) is 0.825. The third-order valence-corrected chi connectivity index (χ3v) is 3.30. The van der Waals surface area contributed by atoms with Crippen molar-refractivity contribution in [1.29, 1.82) is 0 Å². The van der Waals surface area contributed by atoms with E-state index in [1.54, 1.807) is 6.07 Å². The zero-order valence-corrected chi connectivity index (χ0v) is 9.63. The van der Waals surface area contributed by atoms with Crippen LogP contribution < -0.4 is 0 Å². The lowest BCUT2D eigenvalue weighted by Gasteiger charge is -2.30. The second-order valence-electron chi connectivity index (χ2n) is 4.48. The minimum atomic E-state index is -1.02. The lowest BCUT2D eigenvalue weighted by molar-refractivity contribution is 0.0657. The molecule has 0 amide bonds. The Kier molecular flexibility index (Phi) is 3.81. The van der Waals surface area contributed by atoms with Crippen molar-refractivity contribution < 1.29 is 19.4 Å². The highest BCUT2D eigenvalue weighted by molar-refractivity contribution is 5.86. The summed E-state index contributed by atoms with van der Waals surface area (Å²) in [5.41, 5.74) is 0.722. The molecule has 1 fully saturated rings. The molecular weight excluding hydrogens is 222 g/mol. The molecule has 1 saturated heterocycles. The summed E-state index contributed by atoms with van der Waals surface area (Å²) in [6, 6.07) is 1.71. The largest absolute Gasteiger partial charge is 0.475 e. The lowest BCUT2D eigenvalue weighted by Crippen LogP contribution is -2.34. The molecule has 94 valence electrons. The normalized spacial score (nSPS) is 18.4. The molecule has 1 aliphatic rings. The maximum Gasteiger partial charge on any atom is 0.372 e. The summed E-state index contributed by atoms with van der Waals surface area (Å²) < 4.78 is 4.94. The van der Waals surface area contributed by atoms with E-state index in [-0.39, 0.29) is 12.4 Å². The molecule has 1 aromatic rings. The third kappa shape index (κ3) is 2.87. The van der Waals surface area contributed by atoms with E-state index in [0.717, 1.165) is 31.5 Å². The van der Waals surface area contributed by atoms with Crippen LogP contribution in [-0.4, -0.2) is 40.8 Å². The highest BCUT2D eigenvalue weighted by Crippen LogP contribution is 2.20. The van der Waals surface area contributed by atoms with Crippen molar-refractivity contribution in [3.8, 4) is 0 Å². The Morgan fingerprint density at radius 3 is 2.76 bits per heavy atom. The number of piperidine rings is 1. The van der Waals surface area contributed by atoms with Crippen molar-refractivity contribution in [3.63, 3.8) is 0 Å². The van der Waals surface area contributed by atoms with Crippen LogP contribution in [0.3, 0.4) is 0 Å². The molecule has 0 spiro atoms. The monoisotopic (exact) mass is 239 g/mol. The molecule has 0 unspecified atom stereocenters. The first-order valence-electron chi connectivity index (χ1n) is 5.83.